The van der Waals surface area contributed by atoms with Gasteiger partial charge in [-0.05, 0) is 51.8 Å². The average Bonchev–Trinajstić information content (AvgIpc) is 3.14. The van der Waals surface area contributed by atoms with Gasteiger partial charge in [0.25, 0.3) is 11.9 Å². The monoisotopic (exact) mass is 378 g/mol. The van der Waals surface area contributed by atoms with Crippen LogP contribution in [0.3, 0.4) is 0 Å². The Morgan fingerprint density at radius 1 is 1.43 bits per heavy atom. The fraction of sp³-hybridized carbons (Fsp3) is 0.154. The molecule has 0 saturated heterocycles. The van der Waals surface area contributed by atoms with Crippen molar-refractivity contribution >= 4 is 39.6 Å². The summed E-state index contributed by atoms with van der Waals surface area (Å²) < 4.78 is 5.55. The second-order valence-electron chi connectivity index (χ2n) is 4.63. The summed E-state index contributed by atoms with van der Waals surface area (Å²) >= 11 is 3.24. The van der Waals surface area contributed by atoms with Crippen molar-refractivity contribution in [2.45, 2.75) is 6.92 Å². The minimum Gasteiger partial charge on any atom is -0.503 e. The Kier molecular flexibility index (Phi) is 3.82. The van der Waals surface area contributed by atoms with Gasteiger partial charge in [0.15, 0.2) is 11.5 Å². The number of rotatable bonds is 3. The van der Waals surface area contributed by atoms with E-state index < -0.39 is 0 Å². The molecule has 0 radical (unpaired) electrons. The van der Waals surface area contributed by atoms with Crippen LogP contribution in [0.25, 0.3) is 6.08 Å². The molecule has 10 heteroatoms. The van der Waals surface area contributed by atoms with Crippen LogP contribution in [-0.4, -0.2) is 44.5 Å². The number of amides is 1. The number of H-pyrrole nitrogens is 1. The molecule has 3 rings (SSSR count). The summed E-state index contributed by atoms with van der Waals surface area (Å²) in [6.45, 7) is 1.70. The second kappa shape index (κ2) is 5.80. The van der Waals surface area contributed by atoms with Crippen molar-refractivity contribution in [2.75, 3.05) is 12.1 Å². The van der Waals surface area contributed by atoms with E-state index in [0.29, 0.717) is 27.1 Å². The standard InChI is InChI=1S/C13H11BrN6O3/c1-6-8(12(22)20(17-6)13-15-18-19-16-13)3-7-4-9(14)11(21)10(5-7)23-2/h3-5,21H,1-2H3,(H,15,16,18,19)/b8-3-. The van der Waals surface area contributed by atoms with Crippen molar-refractivity contribution < 1.29 is 14.6 Å². The number of phenolic OH excluding ortho intramolecular Hbond substituents is 1. The summed E-state index contributed by atoms with van der Waals surface area (Å²) in [5.41, 5.74) is 1.57. The highest BCUT2D eigenvalue weighted by Gasteiger charge is 2.31. The zero-order chi connectivity index (χ0) is 16.6. The van der Waals surface area contributed by atoms with Crippen LogP contribution in [0.1, 0.15) is 12.5 Å². The van der Waals surface area contributed by atoms with E-state index in [1.165, 1.54) is 7.11 Å². The van der Waals surface area contributed by atoms with Gasteiger partial charge < -0.3 is 9.84 Å². The van der Waals surface area contributed by atoms with Gasteiger partial charge in [0, 0.05) is 0 Å². The highest BCUT2D eigenvalue weighted by Crippen LogP contribution is 2.36. The number of hydrogen-bond donors (Lipinski definition) is 2. The van der Waals surface area contributed by atoms with Crippen molar-refractivity contribution in [3.05, 3.63) is 27.7 Å². The zero-order valence-electron chi connectivity index (χ0n) is 12.1. The number of halogens is 1. The van der Waals surface area contributed by atoms with Gasteiger partial charge in [-0.25, -0.2) is 0 Å². The number of aromatic hydroxyl groups is 1. The van der Waals surface area contributed by atoms with Gasteiger partial charge in [-0.15, -0.1) is 5.10 Å². The maximum absolute atomic E-state index is 12.5. The average molecular weight is 379 g/mol. The van der Waals surface area contributed by atoms with Crippen molar-refractivity contribution in [3.63, 3.8) is 0 Å². The van der Waals surface area contributed by atoms with E-state index >= 15 is 0 Å². The number of tetrazole rings is 1. The van der Waals surface area contributed by atoms with Gasteiger partial charge in [-0.3, -0.25) is 4.79 Å². The molecule has 2 N–H and O–H groups in total. The van der Waals surface area contributed by atoms with Crippen LogP contribution in [0.4, 0.5) is 5.95 Å². The molecule has 1 aliphatic heterocycles. The summed E-state index contributed by atoms with van der Waals surface area (Å²) in [5, 5.41) is 28.2. The lowest BCUT2D eigenvalue weighted by molar-refractivity contribution is -0.114. The van der Waals surface area contributed by atoms with Crippen LogP contribution in [0.5, 0.6) is 11.5 Å². The van der Waals surface area contributed by atoms with E-state index in [-0.39, 0.29) is 17.6 Å². The number of hydrogen-bond acceptors (Lipinski definition) is 7. The molecule has 1 amide bonds. The van der Waals surface area contributed by atoms with Crippen LogP contribution >= 0.6 is 15.9 Å². The highest BCUT2D eigenvalue weighted by atomic mass is 79.9. The van der Waals surface area contributed by atoms with Crippen molar-refractivity contribution in [2.24, 2.45) is 5.10 Å². The van der Waals surface area contributed by atoms with E-state index in [2.05, 4.69) is 41.7 Å². The normalized spacial score (nSPS) is 16.1. The molecule has 0 saturated carbocycles. The number of nitrogens with one attached hydrogen (secondary N) is 1. The Bertz CT molecular complexity index is 830. The van der Waals surface area contributed by atoms with Crippen LogP contribution in [0.2, 0.25) is 0 Å². The molecule has 1 aromatic carbocycles. The first-order chi connectivity index (χ1) is 11.0. The summed E-state index contributed by atoms with van der Waals surface area (Å²) in [5.74, 6) is -0.0122. The molecule has 0 bridgehead atoms. The van der Waals surface area contributed by atoms with Crippen molar-refractivity contribution in [3.8, 4) is 11.5 Å². The number of aromatic nitrogens is 4. The molecule has 0 spiro atoms. The Morgan fingerprint density at radius 3 is 2.87 bits per heavy atom. The molecule has 23 heavy (non-hydrogen) atoms. The molecule has 2 aromatic rings. The van der Waals surface area contributed by atoms with Gasteiger partial charge in [0.2, 0.25) is 0 Å². The number of phenols is 1. The van der Waals surface area contributed by atoms with E-state index in [1.54, 1.807) is 25.1 Å². The summed E-state index contributed by atoms with van der Waals surface area (Å²) in [6.07, 6.45) is 1.65. The van der Waals surface area contributed by atoms with E-state index in [9.17, 15) is 9.90 Å². The molecular formula is C13H11BrN6O3. The summed E-state index contributed by atoms with van der Waals surface area (Å²) in [7, 11) is 1.45. The predicted octanol–water partition coefficient (Wildman–Crippen LogP) is 1.48. The van der Waals surface area contributed by atoms with E-state index in [0.717, 1.165) is 5.01 Å². The smallest absolute Gasteiger partial charge is 0.293 e. The maximum Gasteiger partial charge on any atom is 0.293 e. The highest BCUT2D eigenvalue weighted by molar-refractivity contribution is 9.10. The number of carbonyl (C=O) groups is 1. The number of anilines is 1. The summed E-state index contributed by atoms with van der Waals surface area (Å²) in [6, 6.07) is 3.28. The SMILES string of the molecule is COc1cc(/C=C2\C(=O)N(c3nn[nH]n3)N=C2C)cc(Br)c1O. The summed E-state index contributed by atoms with van der Waals surface area (Å²) in [4.78, 5) is 12.5. The lowest BCUT2D eigenvalue weighted by atomic mass is 10.1. The number of aromatic amines is 1. The van der Waals surface area contributed by atoms with Gasteiger partial charge in [-0.1, -0.05) is 5.10 Å². The Hall–Kier alpha value is -2.75. The second-order valence-corrected chi connectivity index (χ2v) is 5.48. The Morgan fingerprint density at radius 2 is 2.22 bits per heavy atom. The number of nitrogens with zero attached hydrogens (tertiary/aromatic N) is 5. The topological polar surface area (TPSA) is 117 Å². The minimum atomic E-state index is -0.368. The van der Waals surface area contributed by atoms with E-state index in [4.69, 9.17) is 4.74 Å². The first-order valence-corrected chi connectivity index (χ1v) is 7.22. The molecule has 118 valence electrons. The molecule has 2 heterocycles. The fourth-order valence-corrected chi connectivity index (χ4v) is 2.53. The quantitative estimate of drug-likeness (QED) is 0.781. The number of hydrazone groups is 1. The number of carbonyl (C=O) groups excluding carboxylic acids is 1. The van der Waals surface area contributed by atoms with Gasteiger partial charge in [0.1, 0.15) is 0 Å². The molecule has 0 aliphatic carbocycles. The number of benzene rings is 1. The molecule has 9 nitrogen and oxygen atoms in total. The third-order valence-electron chi connectivity index (χ3n) is 3.17. The van der Waals surface area contributed by atoms with Crippen LogP contribution in [0.15, 0.2) is 27.3 Å². The minimum absolute atomic E-state index is 0.00814. The molecule has 0 atom stereocenters. The molecule has 0 unspecified atom stereocenters. The maximum atomic E-state index is 12.5. The first kappa shape index (κ1) is 15.2. The zero-order valence-corrected chi connectivity index (χ0v) is 13.7. The van der Waals surface area contributed by atoms with Crippen LogP contribution in [-0.2, 0) is 4.79 Å². The van der Waals surface area contributed by atoms with Crippen LogP contribution in [0, 0.1) is 0 Å². The molecule has 1 aliphatic rings. The lowest BCUT2D eigenvalue weighted by Crippen LogP contribution is -2.22. The predicted molar refractivity (Wildman–Crippen MR) is 85.1 cm³/mol. The van der Waals surface area contributed by atoms with Gasteiger partial charge in [0.05, 0.1) is 22.9 Å². The van der Waals surface area contributed by atoms with Crippen LogP contribution < -0.4 is 9.75 Å². The van der Waals surface area contributed by atoms with E-state index in [1.807, 2.05) is 0 Å². The van der Waals surface area contributed by atoms with Crippen molar-refractivity contribution in [1.29, 1.82) is 0 Å². The van der Waals surface area contributed by atoms with Crippen molar-refractivity contribution in [1.82, 2.24) is 20.6 Å². The Balaban J connectivity index is 1.99. The third kappa shape index (κ3) is 2.68. The molecule has 1 aromatic heterocycles. The van der Waals surface area contributed by atoms with Gasteiger partial charge in [-0.2, -0.15) is 15.3 Å². The molecular weight excluding hydrogens is 368 g/mol. The largest absolute Gasteiger partial charge is 0.503 e. The number of methoxy groups -OCH3 is 1. The fourth-order valence-electron chi connectivity index (χ4n) is 2.07. The first-order valence-electron chi connectivity index (χ1n) is 6.43. The lowest BCUT2D eigenvalue weighted by Gasteiger charge is -2.07. The van der Waals surface area contributed by atoms with Gasteiger partial charge >= 0.3 is 0 Å². The molecule has 0 fully saturated rings. The number of ether oxygens (including phenoxy) is 1. The third-order valence-corrected chi connectivity index (χ3v) is 3.77. The Labute approximate surface area is 138 Å².